The average molecular weight is 464 g/mol. The summed E-state index contributed by atoms with van der Waals surface area (Å²) in [5.74, 6) is -1.15. The molecule has 1 heterocycles. The molecule has 1 aliphatic heterocycles. The molecular formula is C23H18BrN3O3. The molecule has 0 spiro atoms. The van der Waals surface area contributed by atoms with E-state index in [0.717, 1.165) is 4.47 Å². The zero-order valence-electron chi connectivity index (χ0n) is 15.8. The summed E-state index contributed by atoms with van der Waals surface area (Å²) < 4.78 is 0.755. The van der Waals surface area contributed by atoms with Crippen molar-refractivity contribution in [3.63, 3.8) is 0 Å². The number of benzene rings is 3. The smallest absolute Gasteiger partial charge is 0.256 e. The van der Waals surface area contributed by atoms with E-state index in [1.165, 1.54) is 0 Å². The Morgan fingerprint density at radius 1 is 0.867 bits per heavy atom. The lowest BCUT2D eigenvalue weighted by molar-refractivity contribution is -0.121. The van der Waals surface area contributed by atoms with Crippen LogP contribution in [0.2, 0.25) is 0 Å². The molecule has 1 aliphatic rings. The maximum Gasteiger partial charge on any atom is 0.256 e. The zero-order valence-corrected chi connectivity index (χ0v) is 17.4. The lowest BCUT2D eigenvalue weighted by atomic mass is 9.90. The zero-order chi connectivity index (χ0) is 21.1. The van der Waals surface area contributed by atoms with E-state index >= 15 is 0 Å². The van der Waals surface area contributed by atoms with Gasteiger partial charge < -0.3 is 16.0 Å². The Morgan fingerprint density at radius 3 is 2.10 bits per heavy atom. The van der Waals surface area contributed by atoms with Gasteiger partial charge in [-0.15, -0.1) is 0 Å². The summed E-state index contributed by atoms with van der Waals surface area (Å²) in [5, 5.41) is 8.47. The van der Waals surface area contributed by atoms with E-state index in [0.29, 0.717) is 22.4 Å². The van der Waals surface area contributed by atoms with Crippen molar-refractivity contribution in [3.8, 4) is 0 Å². The minimum absolute atomic E-state index is 0.103. The van der Waals surface area contributed by atoms with Crippen LogP contribution in [-0.4, -0.2) is 24.3 Å². The summed E-state index contributed by atoms with van der Waals surface area (Å²) in [5.41, 5.74) is 0.610. The molecule has 1 atom stereocenters. The van der Waals surface area contributed by atoms with Crippen LogP contribution in [0.4, 0.5) is 5.69 Å². The van der Waals surface area contributed by atoms with Crippen molar-refractivity contribution in [2.45, 2.75) is 5.54 Å². The van der Waals surface area contributed by atoms with Gasteiger partial charge in [0, 0.05) is 26.9 Å². The molecule has 3 N–H and O–H groups in total. The van der Waals surface area contributed by atoms with Crippen molar-refractivity contribution in [3.05, 3.63) is 100 Å². The van der Waals surface area contributed by atoms with E-state index in [9.17, 15) is 14.4 Å². The largest absolute Gasteiger partial charge is 0.349 e. The van der Waals surface area contributed by atoms with E-state index in [2.05, 4.69) is 31.9 Å². The van der Waals surface area contributed by atoms with Gasteiger partial charge in [0.1, 0.15) is 0 Å². The van der Waals surface area contributed by atoms with Gasteiger partial charge in [0.2, 0.25) is 0 Å². The first-order chi connectivity index (χ1) is 14.5. The Bertz CT molecular complexity index is 1120. The lowest BCUT2D eigenvalue weighted by Crippen LogP contribution is -2.57. The van der Waals surface area contributed by atoms with Crippen molar-refractivity contribution in [1.29, 1.82) is 0 Å². The fraction of sp³-hybridized carbons (Fsp3) is 0.0870. The topological polar surface area (TPSA) is 87.3 Å². The Hall–Kier alpha value is -3.45. The van der Waals surface area contributed by atoms with Gasteiger partial charge in [-0.05, 0) is 42.5 Å². The van der Waals surface area contributed by atoms with Crippen LogP contribution < -0.4 is 16.0 Å². The fourth-order valence-corrected chi connectivity index (χ4v) is 3.79. The molecule has 0 fully saturated rings. The molecule has 6 nitrogen and oxygen atoms in total. The molecular weight excluding hydrogens is 446 g/mol. The second kappa shape index (κ2) is 8.12. The van der Waals surface area contributed by atoms with Gasteiger partial charge in [-0.2, -0.15) is 0 Å². The summed E-state index contributed by atoms with van der Waals surface area (Å²) in [4.78, 5) is 38.7. The van der Waals surface area contributed by atoms with Crippen LogP contribution in [0.1, 0.15) is 26.3 Å². The van der Waals surface area contributed by atoms with Crippen molar-refractivity contribution in [2.24, 2.45) is 0 Å². The van der Waals surface area contributed by atoms with Crippen LogP contribution in [0.5, 0.6) is 0 Å². The molecule has 30 heavy (non-hydrogen) atoms. The Morgan fingerprint density at radius 2 is 1.47 bits per heavy atom. The molecule has 3 amide bonds. The molecule has 3 aromatic rings. The first-order valence-corrected chi connectivity index (χ1v) is 10.1. The van der Waals surface area contributed by atoms with Crippen LogP contribution in [-0.2, 0) is 10.3 Å². The molecule has 3 aromatic carbocycles. The molecule has 0 bridgehead atoms. The minimum Gasteiger partial charge on any atom is -0.349 e. The van der Waals surface area contributed by atoms with Crippen LogP contribution in [0.3, 0.4) is 0 Å². The third kappa shape index (κ3) is 3.71. The summed E-state index contributed by atoms with van der Waals surface area (Å²) in [6.45, 7) is -0.103. The normalized spacial score (nSPS) is 17.0. The SMILES string of the molecule is O=C(NCC1(NC(=O)c2ccccc2)C(=O)Nc2ccc(Br)cc21)c1ccccc1. The summed E-state index contributed by atoms with van der Waals surface area (Å²) in [6, 6.07) is 22.7. The van der Waals surface area contributed by atoms with E-state index in [1.807, 2.05) is 6.07 Å². The number of nitrogens with one attached hydrogen (secondary N) is 3. The standard InChI is InChI=1S/C23H18BrN3O3/c24-17-11-12-19-18(13-17)23(22(30)26-19,27-21(29)16-9-5-2-6-10-16)14-25-20(28)15-7-3-1-4-8-15/h1-13H,14H2,(H,25,28)(H,26,30)(H,27,29). The van der Waals surface area contributed by atoms with E-state index < -0.39 is 17.4 Å². The first-order valence-electron chi connectivity index (χ1n) is 9.32. The van der Waals surface area contributed by atoms with Crippen LogP contribution in [0.15, 0.2) is 83.3 Å². The molecule has 0 radical (unpaired) electrons. The van der Waals surface area contributed by atoms with Crippen molar-refractivity contribution >= 4 is 39.3 Å². The summed E-state index contributed by atoms with van der Waals surface area (Å²) in [6.07, 6.45) is 0. The number of halogens is 1. The Kier molecular flexibility index (Phi) is 5.37. The monoisotopic (exact) mass is 463 g/mol. The maximum absolute atomic E-state index is 13.1. The highest BCUT2D eigenvalue weighted by Crippen LogP contribution is 2.37. The molecule has 0 saturated carbocycles. The Balaban J connectivity index is 1.69. The summed E-state index contributed by atoms with van der Waals surface area (Å²) >= 11 is 3.43. The molecule has 4 rings (SSSR count). The number of rotatable bonds is 5. The number of hydrogen-bond acceptors (Lipinski definition) is 3. The van der Waals surface area contributed by atoms with Gasteiger partial charge in [-0.25, -0.2) is 0 Å². The van der Waals surface area contributed by atoms with E-state index in [-0.39, 0.29) is 12.5 Å². The third-order valence-corrected chi connectivity index (χ3v) is 5.48. The molecule has 0 saturated heterocycles. The number of amides is 3. The van der Waals surface area contributed by atoms with Gasteiger partial charge in [0.25, 0.3) is 17.7 Å². The van der Waals surface area contributed by atoms with E-state index in [4.69, 9.17) is 0 Å². The van der Waals surface area contributed by atoms with Gasteiger partial charge in [-0.1, -0.05) is 52.3 Å². The molecule has 1 unspecified atom stereocenters. The second-order valence-electron chi connectivity index (χ2n) is 6.92. The van der Waals surface area contributed by atoms with E-state index in [1.54, 1.807) is 72.8 Å². The molecule has 0 aliphatic carbocycles. The number of carbonyl (C=O) groups is 3. The van der Waals surface area contributed by atoms with Gasteiger partial charge in [0.05, 0.1) is 6.54 Å². The lowest BCUT2D eigenvalue weighted by Gasteiger charge is -2.29. The summed E-state index contributed by atoms with van der Waals surface area (Å²) in [7, 11) is 0. The van der Waals surface area contributed by atoms with Gasteiger partial charge >= 0.3 is 0 Å². The highest BCUT2D eigenvalue weighted by atomic mass is 79.9. The molecule has 0 aromatic heterocycles. The highest BCUT2D eigenvalue weighted by molar-refractivity contribution is 9.10. The van der Waals surface area contributed by atoms with Crippen LogP contribution >= 0.6 is 15.9 Å². The maximum atomic E-state index is 13.1. The fourth-order valence-electron chi connectivity index (χ4n) is 3.43. The average Bonchev–Trinajstić information content (AvgIpc) is 3.04. The number of fused-ring (bicyclic) bond motifs is 1. The number of anilines is 1. The van der Waals surface area contributed by atoms with Gasteiger partial charge in [-0.3, -0.25) is 14.4 Å². The van der Waals surface area contributed by atoms with Crippen molar-refractivity contribution < 1.29 is 14.4 Å². The predicted molar refractivity (Wildman–Crippen MR) is 117 cm³/mol. The predicted octanol–water partition coefficient (Wildman–Crippen LogP) is 3.46. The number of hydrogen-bond donors (Lipinski definition) is 3. The minimum atomic E-state index is -1.45. The quantitative estimate of drug-likeness (QED) is 0.541. The molecule has 150 valence electrons. The van der Waals surface area contributed by atoms with Crippen molar-refractivity contribution in [2.75, 3.05) is 11.9 Å². The second-order valence-corrected chi connectivity index (χ2v) is 7.83. The Labute approximate surface area is 181 Å². The highest BCUT2D eigenvalue weighted by Gasteiger charge is 2.48. The first kappa shape index (κ1) is 19.8. The van der Waals surface area contributed by atoms with Gasteiger partial charge in [0.15, 0.2) is 5.54 Å². The molecule has 7 heteroatoms. The van der Waals surface area contributed by atoms with Crippen LogP contribution in [0.25, 0.3) is 0 Å². The number of carbonyl (C=O) groups excluding carboxylic acids is 3. The van der Waals surface area contributed by atoms with Crippen LogP contribution in [0, 0.1) is 0 Å². The van der Waals surface area contributed by atoms with Crippen molar-refractivity contribution in [1.82, 2.24) is 10.6 Å². The third-order valence-electron chi connectivity index (χ3n) is 4.99.